The van der Waals surface area contributed by atoms with E-state index in [0.717, 1.165) is 44.4 Å². The first kappa shape index (κ1) is 18.3. The Morgan fingerprint density at radius 3 is 2.64 bits per heavy atom. The highest BCUT2D eigenvalue weighted by molar-refractivity contribution is 14.0. The summed E-state index contributed by atoms with van der Waals surface area (Å²) in [6.45, 7) is 6.93. The molecule has 6 heteroatoms. The van der Waals surface area contributed by atoms with Gasteiger partial charge in [-0.25, -0.2) is 0 Å². The minimum atomic E-state index is -0.536. The smallest absolute Gasteiger partial charge is 0.191 e. The molecule has 0 bridgehead atoms. The number of aliphatic imine (C=N–C) groups is 1. The van der Waals surface area contributed by atoms with Gasteiger partial charge in [0.1, 0.15) is 0 Å². The van der Waals surface area contributed by atoms with Crippen molar-refractivity contribution in [3.63, 3.8) is 0 Å². The number of halogens is 1. The van der Waals surface area contributed by atoms with Gasteiger partial charge in [0.15, 0.2) is 5.96 Å². The standard InChI is InChI=1S/C16H30N4O.HI/c1-3-17-15(18-11-16(21)7-4-8-16)19-13-9-12(2)20(10-13)14-5-6-14;/h12-14,21H,3-11H2,1-2H3,(H2,17,18,19);1H. The van der Waals surface area contributed by atoms with Crippen molar-refractivity contribution in [2.24, 2.45) is 4.99 Å². The van der Waals surface area contributed by atoms with Crippen LogP contribution in [0.25, 0.3) is 0 Å². The molecule has 2 aliphatic carbocycles. The van der Waals surface area contributed by atoms with E-state index in [1.54, 1.807) is 0 Å². The summed E-state index contributed by atoms with van der Waals surface area (Å²) in [4.78, 5) is 7.25. The average Bonchev–Trinajstić information content (AvgIpc) is 3.19. The maximum Gasteiger partial charge on any atom is 0.191 e. The minimum absolute atomic E-state index is 0. The normalized spacial score (nSPS) is 31.3. The highest BCUT2D eigenvalue weighted by Crippen LogP contribution is 2.33. The van der Waals surface area contributed by atoms with E-state index in [-0.39, 0.29) is 24.0 Å². The van der Waals surface area contributed by atoms with Crippen LogP contribution >= 0.6 is 24.0 Å². The van der Waals surface area contributed by atoms with Crippen LogP contribution < -0.4 is 10.6 Å². The second-order valence-corrected chi connectivity index (χ2v) is 7.13. The molecule has 3 N–H and O–H groups in total. The van der Waals surface area contributed by atoms with Crippen LogP contribution in [0.1, 0.15) is 52.4 Å². The summed E-state index contributed by atoms with van der Waals surface area (Å²) in [6.07, 6.45) is 6.85. The quantitative estimate of drug-likeness (QED) is 0.359. The highest BCUT2D eigenvalue weighted by atomic mass is 127. The molecule has 0 aromatic carbocycles. The Morgan fingerprint density at radius 2 is 2.09 bits per heavy atom. The molecule has 0 amide bonds. The van der Waals surface area contributed by atoms with E-state index < -0.39 is 5.60 Å². The molecule has 1 saturated heterocycles. The predicted octanol–water partition coefficient (Wildman–Crippen LogP) is 1.70. The molecular formula is C16H31IN4O. The van der Waals surface area contributed by atoms with Gasteiger partial charge in [0.2, 0.25) is 0 Å². The van der Waals surface area contributed by atoms with Crippen molar-refractivity contribution in [1.82, 2.24) is 15.5 Å². The Kier molecular flexibility index (Phi) is 6.36. The Morgan fingerprint density at radius 1 is 1.36 bits per heavy atom. The van der Waals surface area contributed by atoms with Crippen LogP contribution in [-0.4, -0.2) is 59.3 Å². The third-order valence-corrected chi connectivity index (χ3v) is 5.14. The maximum absolute atomic E-state index is 10.2. The van der Waals surface area contributed by atoms with Crippen molar-refractivity contribution >= 4 is 29.9 Å². The second kappa shape index (κ2) is 7.66. The van der Waals surface area contributed by atoms with Gasteiger partial charge in [0.25, 0.3) is 0 Å². The van der Waals surface area contributed by atoms with E-state index in [0.29, 0.717) is 18.6 Å². The van der Waals surface area contributed by atoms with Gasteiger partial charge in [-0.2, -0.15) is 0 Å². The van der Waals surface area contributed by atoms with Gasteiger partial charge in [-0.15, -0.1) is 24.0 Å². The van der Waals surface area contributed by atoms with Gasteiger partial charge < -0.3 is 15.7 Å². The molecule has 2 unspecified atom stereocenters. The average molecular weight is 422 g/mol. The number of rotatable bonds is 5. The fourth-order valence-corrected chi connectivity index (χ4v) is 3.56. The molecule has 3 aliphatic rings. The van der Waals surface area contributed by atoms with Crippen LogP contribution in [-0.2, 0) is 0 Å². The summed E-state index contributed by atoms with van der Waals surface area (Å²) in [7, 11) is 0. The molecule has 3 fully saturated rings. The molecule has 0 aromatic heterocycles. The van der Waals surface area contributed by atoms with Gasteiger partial charge in [0.05, 0.1) is 12.1 Å². The van der Waals surface area contributed by atoms with Gasteiger partial charge >= 0.3 is 0 Å². The van der Waals surface area contributed by atoms with Gasteiger partial charge in [-0.3, -0.25) is 9.89 Å². The van der Waals surface area contributed by atoms with E-state index in [2.05, 4.69) is 34.4 Å². The molecular weight excluding hydrogens is 391 g/mol. The Labute approximate surface area is 151 Å². The summed E-state index contributed by atoms with van der Waals surface area (Å²) in [5.74, 6) is 0.868. The molecule has 0 aromatic rings. The fraction of sp³-hybridized carbons (Fsp3) is 0.938. The molecule has 2 atom stereocenters. The maximum atomic E-state index is 10.2. The van der Waals surface area contributed by atoms with Crippen LogP contribution in [0.4, 0.5) is 0 Å². The summed E-state index contributed by atoms with van der Waals surface area (Å²) >= 11 is 0. The second-order valence-electron chi connectivity index (χ2n) is 7.13. The van der Waals surface area contributed by atoms with Crippen LogP contribution in [0.5, 0.6) is 0 Å². The van der Waals surface area contributed by atoms with Crippen molar-refractivity contribution in [2.75, 3.05) is 19.6 Å². The molecule has 2 saturated carbocycles. The SMILES string of the molecule is CCNC(=NCC1(O)CCC1)NC1CC(C)N(C2CC2)C1.I. The van der Waals surface area contributed by atoms with Crippen molar-refractivity contribution in [1.29, 1.82) is 0 Å². The van der Waals surface area contributed by atoms with E-state index >= 15 is 0 Å². The van der Waals surface area contributed by atoms with E-state index in [1.807, 2.05) is 0 Å². The zero-order chi connectivity index (χ0) is 14.9. The molecule has 5 nitrogen and oxygen atoms in total. The number of guanidine groups is 1. The minimum Gasteiger partial charge on any atom is -0.388 e. The highest BCUT2D eigenvalue weighted by Gasteiger charge is 2.39. The zero-order valence-corrected chi connectivity index (χ0v) is 16.2. The van der Waals surface area contributed by atoms with Crippen molar-refractivity contribution in [3.05, 3.63) is 0 Å². The van der Waals surface area contributed by atoms with Crippen molar-refractivity contribution in [2.45, 2.75) is 76.1 Å². The first-order chi connectivity index (χ1) is 10.1. The number of nitrogens with zero attached hydrogens (tertiary/aromatic N) is 2. The van der Waals surface area contributed by atoms with Crippen LogP contribution in [0.15, 0.2) is 4.99 Å². The predicted molar refractivity (Wildman–Crippen MR) is 101 cm³/mol. The lowest BCUT2D eigenvalue weighted by molar-refractivity contribution is -0.0236. The van der Waals surface area contributed by atoms with Crippen LogP contribution in [0.3, 0.4) is 0 Å². The van der Waals surface area contributed by atoms with Crippen LogP contribution in [0.2, 0.25) is 0 Å². The first-order valence-corrected chi connectivity index (χ1v) is 8.62. The number of aliphatic hydroxyl groups is 1. The number of nitrogens with one attached hydrogen (secondary N) is 2. The molecule has 3 rings (SSSR count). The molecule has 1 aliphatic heterocycles. The molecule has 1 heterocycles. The largest absolute Gasteiger partial charge is 0.388 e. The van der Waals surface area contributed by atoms with Crippen molar-refractivity contribution < 1.29 is 5.11 Å². The summed E-state index contributed by atoms with van der Waals surface area (Å²) in [5.41, 5.74) is -0.536. The lowest BCUT2D eigenvalue weighted by atomic mass is 9.80. The number of hydrogen-bond acceptors (Lipinski definition) is 3. The van der Waals surface area contributed by atoms with E-state index in [4.69, 9.17) is 0 Å². The Bertz CT molecular complexity index is 396. The third kappa shape index (κ3) is 4.47. The summed E-state index contributed by atoms with van der Waals surface area (Å²) < 4.78 is 0. The zero-order valence-electron chi connectivity index (χ0n) is 13.8. The number of hydrogen-bond donors (Lipinski definition) is 3. The Balaban J connectivity index is 0.00000176. The molecule has 0 radical (unpaired) electrons. The molecule has 22 heavy (non-hydrogen) atoms. The van der Waals surface area contributed by atoms with E-state index in [9.17, 15) is 5.11 Å². The molecule has 0 spiro atoms. The number of likely N-dealkylation sites (tertiary alicyclic amines) is 1. The lowest BCUT2D eigenvalue weighted by Crippen LogP contribution is -2.46. The third-order valence-electron chi connectivity index (χ3n) is 5.14. The first-order valence-electron chi connectivity index (χ1n) is 8.62. The summed E-state index contributed by atoms with van der Waals surface area (Å²) in [5, 5.41) is 17.1. The topological polar surface area (TPSA) is 59.9 Å². The summed E-state index contributed by atoms with van der Waals surface area (Å²) in [6, 6.07) is 1.99. The van der Waals surface area contributed by atoms with E-state index in [1.165, 1.54) is 19.3 Å². The van der Waals surface area contributed by atoms with Gasteiger partial charge in [-0.1, -0.05) is 0 Å². The van der Waals surface area contributed by atoms with Crippen LogP contribution in [0, 0.1) is 0 Å². The molecule has 128 valence electrons. The fourth-order valence-electron chi connectivity index (χ4n) is 3.56. The van der Waals surface area contributed by atoms with Gasteiger partial charge in [0, 0.05) is 31.2 Å². The lowest BCUT2D eigenvalue weighted by Gasteiger charge is -2.35. The van der Waals surface area contributed by atoms with Gasteiger partial charge in [-0.05, 0) is 52.4 Å². The Hall–Kier alpha value is -0.0800. The monoisotopic (exact) mass is 422 g/mol. The van der Waals surface area contributed by atoms with Crippen molar-refractivity contribution in [3.8, 4) is 0 Å².